The van der Waals surface area contributed by atoms with Crippen molar-refractivity contribution < 1.29 is 8.72 Å². The summed E-state index contributed by atoms with van der Waals surface area (Å²) in [6.45, 7) is 2.62. The normalized spacial score (nSPS) is 11.1. The van der Waals surface area contributed by atoms with Crippen molar-refractivity contribution in [3.8, 4) is 0 Å². The third-order valence-corrected chi connectivity index (χ3v) is 0.968. The maximum atomic E-state index is 11.1. The van der Waals surface area contributed by atoms with Crippen LogP contribution in [0.4, 0.5) is 4.20 Å². The van der Waals surface area contributed by atoms with Gasteiger partial charge in [-0.25, -0.2) is 0 Å². The number of hydrogen-bond donors (Lipinski definition) is 0. The number of unbranched alkanes of at least 4 members (excludes halogenated alkanes) is 1. The van der Waals surface area contributed by atoms with Crippen LogP contribution in [0.3, 0.4) is 0 Å². The molecule has 3 heteroatoms. The van der Waals surface area contributed by atoms with Gasteiger partial charge in [0.1, 0.15) is 0 Å². The van der Waals surface area contributed by atoms with Gasteiger partial charge in [-0.2, -0.15) is 4.20 Å². The second-order valence-electron chi connectivity index (χ2n) is 1.28. The minimum Gasteiger partial charge on any atom is -0.333 e. The summed E-state index contributed by atoms with van der Waals surface area (Å²) >= 11 is 0. The zero-order valence-corrected chi connectivity index (χ0v) is 5.41. The molecule has 7 heavy (non-hydrogen) atoms. The van der Waals surface area contributed by atoms with Crippen LogP contribution in [0.5, 0.6) is 0 Å². The summed E-state index contributed by atoms with van der Waals surface area (Å²) in [6, 6.07) is 0. The Hall–Kier alpha value is 0.320. The summed E-state index contributed by atoms with van der Waals surface area (Å²) < 4.78 is 15.6. The summed E-state index contributed by atoms with van der Waals surface area (Å²) in [6.07, 6.45) is 2.04. The van der Waals surface area contributed by atoms with Gasteiger partial charge >= 0.3 is 0 Å². The lowest BCUT2D eigenvalue weighted by Gasteiger charge is -1.91. The summed E-state index contributed by atoms with van der Waals surface area (Å²) in [5, 5.41) is 0. The van der Waals surface area contributed by atoms with E-state index in [-0.39, 0.29) is 0 Å². The van der Waals surface area contributed by atoms with Crippen LogP contribution < -0.4 is 0 Å². The van der Waals surface area contributed by atoms with E-state index in [1.165, 1.54) is 0 Å². The molecule has 0 saturated carbocycles. The molecule has 0 spiro atoms. The molecule has 0 saturated heterocycles. The van der Waals surface area contributed by atoms with Crippen molar-refractivity contribution in [2.45, 2.75) is 19.8 Å². The van der Waals surface area contributed by atoms with Crippen LogP contribution in [-0.4, -0.2) is 6.61 Å². The molecule has 1 atom stereocenters. The summed E-state index contributed by atoms with van der Waals surface area (Å²) in [5.74, 6) is 0. The number of rotatable bonds is 4. The third kappa shape index (κ3) is 6.32. The highest BCUT2D eigenvalue weighted by atomic mass is 31.1. The fourth-order valence-electron chi connectivity index (χ4n) is 0.255. The first kappa shape index (κ1) is 7.32. The molecule has 0 radical (unpaired) electrons. The Kier molecular flexibility index (Phi) is 6.61. The van der Waals surface area contributed by atoms with Crippen molar-refractivity contribution in [1.82, 2.24) is 0 Å². The molecule has 44 valence electrons. The van der Waals surface area contributed by atoms with Gasteiger partial charge in [0, 0.05) is 0 Å². The van der Waals surface area contributed by atoms with Gasteiger partial charge in [0.05, 0.1) is 6.61 Å². The van der Waals surface area contributed by atoms with Gasteiger partial charge in [0.25, 0.3) is 0 Å². The number of halogens is 1. The molecule has 0 aliphatic rings. The molecular formula is C4H10FOP. The molecule has 0 aromatic rings. The molecule has 0 N–H and O–H groups in total. The zero-order valence-electron chi connectivity index (χ0n) is 4.41. The molecule has 0 aliphatic heterocycles. The standard InChI is InChI=1S/C4H10FOP/c1-2-3-4-6-7-5/h7H,2-4H2,1H3. The van der Waals surface area contributed by atoms with Gasteiger partial charge in [-0.15, -0.1) is 0 Å². The molecule has 0 heterocycles. The van der Waals surface area contributed by atoms with E-state index in [4.69, 9.17) is 0 Å². The van der Waals surface area contributed by atoms with E-state index in [0.717, 1.165) is 12.8 Å². The van der Waals surface area contributed by atoms with Crippen LogP contribution in [0.25, 0.3) is 0 Å². The average molecular weight is 124 g/mol. The molecule has 0 rings (SSSR count). The van der Waals surface area contributed by atoms with Gasteiger partial charge in [0.15, 0.2) is 0 Å². The van der Waals surface area contributed by atoms with E-state index >= 15 is 0 Å². The Morgan fingerprint density at radius 1 is 1.71 bits per heavy atom. The SMILES string of the molecule is CCCCOPF. The summed E-state index contributed by atoms with van der Waals surface area (Å²) in [5.41, 5.74) is 0. The second kappa shape index (κ2) is 6.32. The van der Waals surface area contributed by atoms with Crippen molar-refractivity contribution in [3.63, 3.8) is 0 Å². The largest absolute Gasteiger partial charge is 0.333 e. The molecule has 1 nitrogen and oxygen atoms in total. The summed E-state index contributed by atoms with van der Waals surface area (Å²) in [7, 11) is -0.832. The van der Waals surface area contributed by atoms with Crippen LogP contribution >= 0.6 is 9.12 Å². The highest BCUT2D eigenvalue weighted by Gasteiger charge is 1.81. The monoisotopic (exact) mass is 124 g/mol. The molecular weight excluding hydrogens is 114 g/mol. The molecule has 0 aliphatic carbocycles. The molecule has 0 aromatic heterocycles. The zero-order chi connectivity index (χ0) is 5.54. The lowest BCUT2D eigenvalue weighted by molar-refractivity contribution is 0.336. The van der Waals surface area contributed by atoms with Crippen LogP contribution in [0.1, 0.15) is 19.8 Å². The van der Waals surface area contributed by atoms with Crippen molar-refractivity contribution in [1.29, 1.82) is 0 Å². The van der Waals surface area contributed by atoms with Crippen molar-refractivity contribution in [2.24, 2.45) is 0 Å². The number of hydrogen-bond acceptors (Lipinski definition) is 1. The Bertz CT molecular complexity index is 30.9. The van der Waals surface area contributed by atoms with E-state index in [1.54, 1.807) is 0 Å². The Morgan fingerprint density at radius 2 is 2.43 bits per heavy atom. The van der Waals surface area contributed by atoms with Crippen LogP contribution in [0, 0.1) is 0 Å². The Balaban J connectivity index is 2.45. The van der Waals surface area contributed by atoms with Crippen molar-refractivity contribution >= 4 is 9.12 Å². The predicted octanol–water partition coefficient (Wildman–Crippen LogP) is 2.28. The lowest BCUT2D eigenvalue weighted by Crippen LogP contribution is -1.80. The lowest BCUT2D eigenvalue weighted by atomic mass is 10.4. The maximum absolute atomic E-state index is 11.1. The highest BCUT2D eigenvalue weighted by molar-refractivity contribution is 7.25. The van der Waals surface area contributed by atoms with Gasteiger partial charge in [-0.3, -0.25) is 0 Å². The fraction of sp³-hybridized carbons (Fsp3) is 1.00. The first-order valence-corrected chi connectivity index (χ1v) is 3.18. The van der Waals surface area contributed by atoms with Crippen LogP contribution in [0.2, 0.25) is 0 Å². The Labute approximate surface area is 45.2 Å². The van der Waals surface area contributed by atoms with Crippen LogP contribution in [0.15, 0.2) is 0 Å². The van der Waals surface area contributed by atoms with Crippen LogP contribution in [-0.2, 0) is 4.52 Å². The third-order valence-electron chi connectivity index (χ3n) is 0.655. The van der Waals surface area contributed by atoms with E-state index in [9.17, 15) is 4.20 Å². The molecule has 0 bridgehead atoms. The first-order valence-electron chi connectivity index (χ1n) is 2.39. The average Bonchev–Trinajstić information content (AvgIpc) is 1.69. The molecule has 0 amide bonds. The molecule has 1 unspecified atom stereocenters. The van der Waals surface area contributed by atoms with Gasteiger partial charge < -0.3 is 4.52 Å². The quantitative estimate of drug-likeness (QED) is 0.412. The van der Waals surface area contributed by atoms with E-state index in [2.05, 4.69) is 4.52 Å². The highest BCUT2D eigenvalue weighted by Crippen LogP contribution is 2.11. The molecule has 0 aromatic carbocycles. The maximum Gasteiger partial charge on any atom is 0.205 e. The van der Waals surface area contributed by atoms with E-state index in [0.29, 0.717) is 6.61 Å². The van der Waals surface area contributed by atoms with Crippen molar-refractivity contribution in [3.05, 3.63) is 0 Å². The Morgan fingerprint density at radius 3 is 2.86 bits per heavy atom. The summed E-state index contributed by atoms with van der Waals surface area (Å²) in [4.78, 5) is 0. The predicted molar refractivity (Wildman–Crippen MR) is 30.3 cm³/mol. The van der Waals surface area contributed by atoms with Gasteiger partial charge in [-0.1, -0.05) is 13.3 Å². The van der Waals surface area contributed by atoms with E-state index < -0.39 is 9.12 Å². The second-order valence-corrected chi connectivity index (χ2v) is 1.72. The van der Waals surface area contributed by atoms with Gasteiger partial charge in [0.2, 0.25) is 9.12 Å². The van der Waals surface area contributed by atoms with Crippen molar-refractivity contribution in [2.75, 3.05) is 6.61 Å². The minimum atomic E-state index is -0.832. The minimum absolute atomic E-state index is 0.575. The topological polar surface area (TPSA) is 9.23 Å². The smallest absolute Gasteiger partial charge is 0.205 e. The van der Waals surface area contributed by atoms with E-state index in [1.807, 2.05) is 6.92 Å². The molecule has 0 fully saturated rings. The fourth-order valence-corrected chi connectivity index (χ4v) is 0.477. The first-order chi connectivity index (χ1) is 3.41. The van der Waals surface area contributed by atoms with Gasteiger partial charge in [-0.05, 0) is 6.42 Å².